The number of nitrogens with zero attached hydrogens (tertiary/aromatic N) is 2. The van der Waals surface area contributed by atoms with Gasteiger partial charge in [-0.2, -0.15) is 5.10 Å². The predicted molar refractivity (Wildman–Crippen MR) is 137 cm³/mol. The van der Waals surface area contributed by atoms with Crippen LogP contribution in [0.4, 0.5) is 5.69 Å². The molecule has 1 unspecified atom stereocenters. The third kappa shape index (κ3) is 4.13. The molecule has 0 radical (unpaired) electrons. The van der Waals surface area contributed by atoms with Crippen LogP contribution in [-0.4, -0.2) is 35.3 Å². The molecule has 1 atom stereocenters. The van der Waals surface area contributed by atoms with Crippen LogP contribution in [-0.2, 0) is 4.74 Å². The Labute approximate surface area is 209 Å². The molecule has 0 saturated carbocycles. The maximum Gasteiger partial charge on any atom is 0.338 e. The number of carbonyl (C=O) groups is 2. The molecule has 3 aromatic carbocycles. The smallest absolute Gasteiger partial charge is 0.338 e. The van der Waals surface area contributed by atoms with Crippen LogP contribution < -0.4 is 9.64 Å². The van der Waals surface area contributed by atoms with E-state index in [1.807, 2.05) is 62.4 Å². The summed E-state index contributed by atoms with van der Waals surface area (Å²) in [5.74, 6) is 0.214. The molecular formula is C29H27N3O4. The summed E-state index contributed by atoms with van der Waals surface area (Å²) in [6.07, 6.45) is 0. The summed E-state index contributed by atoms with van der Waals surface area (Å²) in [6, 6.07) is 22.4. The minimum absolute atomic E-state index is 0.177. The lowest BCUT2D eigenvalue weighted by atomic mass is 9.95. The van der Waals surface area contributed by atoms with E-state index < -0.39 is 0 Å². The van der Waals surface area contributed by atoms with E-state index in [9.17, 15) is 9.59 Å². The predicted octanol–water partition coefficient (Wildman–Crippen LogP) is 5.71. The Balaban J connectivity index is 1.60. The van der Waals surface area contributed by atoms with Gasteiger partial charge >= 0.3 is 5.97 Å². The fourth-order valence-corrected chi connectivity index (χ4v) is 4.55. The van der Waals surface area contributed by atoms with Crippen molar-refractivity contribution in [2.45, 2.75) is 26.8 Å². The number of hydrogen-bond acceptors (Lipinski definition) is 5. The van der Waals surface area contributed by atoms with Gasteiger partial charge in [0.05, 0.1) is 30.5 Å². The summed E-state index contributed by atoms with van der Waals surface area (Å²) in [6.45, 7) is 6.64. The highest BCUT2D eigenvalue weighted by molar-refractivity contribution is 6.12. The van der Waals surface area contributed by atoms with Gasteiger partial charge in [-0.15, -0.1) is 0 Å². The van der Waals surface area contributed by atoms with Gasteiger partial charge in [0, 0.05) is 16.8 Å². The third-order valence-corrected chi connectivity index (χ3v) is 6.26. The van der Waals surface area contributed by atoms with E-state index in [-0.39, 0.29) is 17.9 Å². The second-order valence-corrected chi connectivity index (χ2v) is 8.57. The first-order valence-electron chi connectivity index (χ1n) is 12.0. The number of anilines is 1. The Morgan fingerprint density at radius 3 is 2.28 bits per heavy atom. The van der Waals surface area contributed by atoms with Crippen molar-refractivity contribution in [2.75, 3.05) is 18.1 Å². The number of rotatable bonds is 7. The molecule has 0 spiro atoms. The summed E-state index contributed by atoms with van der Waals surface area (Å²) in [5, 5.41) is 7.52. The number of aromatic amines is 1. The number of nitrogens with one attached hydrogen (secondary N) is 1. The number of aryl methyl sites for hydroxylation is 1. The SMILES string of the molecule is CCOC(=O)c1ccc(N2C(=O)c3[nH]nc(-c4ccc(OCC)cc4)c3C2c2ccc(C)cc2)cc1. The minimum Gasteiger partial charge on any atom is -0.494 e. The fraction of sp³-hybridized carbons (Fsp3) is 0.207. The molecule has 1 aromatic heterocycles. The van der Waals surface area contributed by atoms with Gasteiger partial charge in [0.25, 0.3) is 5.91 Å². The number of ether oxygens (including phenoxy) is 2. The summed E-state index contributed by atoms with van der Waals surface area (Å²) in [7, 11) is 0. The number of fused-ring (bicyclic) bond motifs is 1. The Hall–Kier alpha value is -4.39. The van der Waals surface area contributed by atoms with Gasteiger partial charge in [-0.25, -0.2) is 4.79 Å². The van der Waals surface area contributed by atoms with Crippen LogP contribution in [0.15, 0.2) is 72.8 Å². The highest BCUT2D eigenvalue weighted by atomic mass is 16.5. The van der Waals surface area contributed by atoms with Crippen LogP contribution in [0.2, 0.25) is 0 Å². The Kier molecular flexibility index (Phi) is 6.29. The van der Waals surface area contributed by atoms with Crippen molar-refractivity contribution in [1.29, 1.82) is 0 Å². The standard InChI is InChI=1S/C29H27N3O4/c1-4-35-23-16-12-19(13-17-23)25-24-26(31-30-25)28(33)32(27(24)20-8-6-18(3)7-9-20)22-14-10-21(11-15-22)29(34)36-5-2/h6-17,27H,4-5H2,1-3H3,(H,30,31). The first-order chi connectivity index (χ1) is 17.5. The van der Waals surface area contributed by atoms with Crippen LogP contribution >= 0.6 is 0 Å². The maximum atomic E-state index is 13.7. The van der Waals surface area contributed by atoms with Crippen molar-refractivity contribution in [3.63, 3.8) is 0 Å². The van der Waals surface area contributed by atoms with Gasteiger partial charge in [-0.1, -0.05) is 29.8 Å². The average molecular weight is 482 g/mol. The van der Waals surface area contributed by atoms with Crippen LogP contribution in [0.3, 0.4) is 0 Å². The van der Waals surface area contributed by atoms with Gasteiger partial charge in [-0.3, -0.25) is 14.8 Å². The van der Waals surface area contributed by atoms with Crippen LogP contribution in [0.25, 0.3) is 11.3 Å². The molecule has 0 saturated heterocycles. The van der Waals surface area contributed by atoms with E-state index in [1.165, 1.54) is 0 Å². The van der Waals surface area contributed by atoms with E-state index in [1.54, 1.807) is 36.1 Å². The Morgan fingerprint density at radius 1 is 0.944 bits per heavy atom. The molecule has 1 amide bonds. The van der Waals surface area contributed by atoms with Gasteiger partial charge in [-0.05, 0) is 74.9 Å². The molecule has 1 aliphatic heterocycles. The molecule has 1 aliphatic rings. The number of aromatic nitrogens is 2. The van der Waals surface area contributed by atoms with Crippen LogP contribution in [0.5, 0.6) is 5.75 Å². The zero-order valence-electron chi connectivity index (χ0n) is 20.4. The second-order valence-electron chi connectivity index (χ2n) is 8.57. The summed E-state index contributed by atoms with van der Waals surface area (Å²) in [4.78, 5) is 27.6. The largest absolute Gasteiger partial charge is 0.494 e. The zero-order valence-corrected chi connectivity index (χ0v) is 20.4. The van der Waals surface area contributed by atoms with Crippen molar-refractivity contribution >= 4 is 17.6 Å². The number of benzene rings is 3. The lowest BCUT2D eigenvalue weighted by Gasteiger charge is -2.26. The van der Waals surface area contributed by atoms with E-state index in [4.69, 9.17) is 9.47 Å². The Bertz CT molecular complexity index is 1390. The molecule has 1 N–H and O–H groups in total. The molecule has 182 valence electrons. The van der Waals surface area contributed by atoms with E-state index >= 15 is 0 Å². The monoisotopic (exact) mass is 481 g/mol. The van der Waals surface area contributed by atoms with Crippen molar-refractivity contribution in [1.82, 2.24) is 10.2 Å². The fourth-order valence-electron chi connectivity index (χ4n) is 4.55. The van der Waals surface area contributed by atoms with Gasteiger partial charge in [0.1, 0.15) is 11.4 Å². The zero-order chi connectivity index (χ0) is 25.2. The van der Waals surface area contributed by atoms with Crippen molar-refractivity contribution in [3.05, 3.63) is 101 Å². The quantitative estimate of drug-likeness (QED) is 0.342. The molecule has 5 rings (SSSR count). The molecule has 2 heterocycles. The molecule has 36 heavy (non-hydrogen) atoms. The van der Waals surface area contributed by atoms with Gasteiger partial charge in [0.15, 0.2) is 0 Å². The lowest BCUT2D eigenvalue weighted by Crippen LogP contribution is -2.29. The van der Waals surface area contributed by atoms with Gasteiger partial charge < -0.3 is 9.47 Å². The molecule has 0 bridgehead atoms. The van der Waals surface area contributed by atoms with Crippen LogP contribution in [0.1, 0.15) is 57.4 Å². The molecule has 0 fully saturated rings. The third-order valence-electron chi connectivity index (χ3n) is 6.26. The van der Waals surface area contributed by atoms with Crippen LogP contribution in [0, 0.1) is 6.92 Å². The minimum atomic E-state index is -0.390. The van der Waals surface area contributed by atoms with Gasteiger partial charge in [0.2, 0.25) is 0 Å². The molecule has 7 heteroatoms. The number of esters is 1. The number of hydrogen-bond donors (Lipinski definition) is 1. The molecule has 4 aromatic rings. The topological polar surface area (TPSA) is 84.5 Å². The maximum absolute atomic E-state index is 13.7. The second kappa shape index (κ2) is 9.70. The highest BCUT2D eigenvalue weighted by Gasteiger charge is 2.43. The first-order valence-corrected chi connectivity index (χ1v) is 12.0. The Morgan fingerprint density at radius 2 is 1.64 bits per heavy atom. The summed E-state index contributed by atoms with van der Waals surface area (Å²) < 4.78 is 10.7. The van der Waals surface area contributed by atoms with Crippen molar-refractivity contribution < 1.29 is 19.1 Å². The van der Waals surface area contributed by atoms with Crippen molar-refractivity contribution in [3.8, 4) is 17.0 Å². The first kappa shape index (κ1) is 23.4. The molecule has 0 aliphatic carbocycles. The number of carbonyl (C=O) groups excluding carboxylic acids is 2. The summed E-state index contributed by atoms with van der Waals surface area (Å²) >= 11 is 0. The lowest BCUT2D eigenvalue weighted by molar-refractivity contribution is 0.0526. The average Bonchev–Trinajstić information content (AvgIpc) is 3.44. The van der Waals surface area contributed by atoms with E-state index in [2.05, 4.69) is 10.2 Å². The van der Waals surface area contributed by atoms with E-state index in [0.717, 1.165) is 33.7 Å². The molecule has 7 nitrogen and oxygen atoms in total. The number of H-pyrrole nitrogens is 1. The highest BCUT2D eigenvalue weighted by Crippen LogP contribution is 2.45. The molecular weight excluding hydrogens is 454 g/mol. The number of amides is 1. The van der Waals surface area contributed by atoms with E-state index in [0.29, 0.717) is 30.2 Å². The normalized spacial score (nSPS) is 14.6. The summed E-state index contributed by atoms with van der Waals surface area (Å²) in [5.41, 5.74) is 6.11. The van der Waals surface area contributed by atoms with Crippen molar-refractivity contribution in [2.24, 2.45) is 0 Å².